The van der Waals surface area contributed by atoms with Crippen LogP contribution in [0, 0.1) is 6.92 Å². The van der Waals surface area contributed by atoms with Crippen molar-refractivity contribution >= 4 is 33.3 Å². The molecule has 0 aliphatic rings. The minimum atomic E-state index is -0.541. The molecule has 3 nitrogen and oxygen atoms in total. The van der Waals surface area contributed by atoms with Gasteiger partial charge in [0, 0.05) is 15.8 Å². The van der Waals surface area contributed by atoms with Crippen LogP contribution in [-0.4, -0.2) is 5.11 Å². The fourth-order valence-electron chi connectivity index (χ4n) is 2.08. The predicted octanol–water partition coefficient (Wildman–Crippen LogP) is 3.61. The molecule has 1 heterocycles. The Morgan fingerprint density at radius 3 is 2.72 bits per heavy atom. The lowest BCUT2D eigenvalue weighted by molar-refractivity contribution is 0.473. The van der Waals surface area contributed by atoms with Crippen LogP contribution in [-0.2, 0) is 0 Å². The Balaban J connectivity index is 2.66. The third-order valence-electron chi connectivity index (χ3n) is 3.02. The van der Waals surface area contributed by atoms with E-state index in [1.165, 1.54) is 0 Å². The number of phenolic OH excluding ortho intramolecular Hbond substituents is 1. The molecule has 90 valence electrons. The number of phenols is 1. The van der Waals surface area contributed by atoms with E-state index in [1.54, 1.807) is 37.3 Å². The van der Waals surface area contributed by atoms with Crippen LogP contribution in [0.5, 0.6) is 5.75 Å². The molecule has 0 radical (unpaired) electrons. The summed E-state index contributed by atoms with van der Waals surface area (Å²) in [5.74, 6) is -0.0388. The highest BCUT2D eigenvalue weighted by molar-refractivity contribution is 6.31. The lowest BCUT2D eigenvalue weighted by Gasteiger charge is -2.06. The summed E-state index contributed by atoms with van der Waals surface area (Å²) in [7, 11) is 0. The van der Waals surface area contributed by atoms with Crippen LogP contribution < -0.4 is 5.63 Å². The van der Waals surface area contributed by atoms with Gasteiger partial charge in [-0.15, -0.1) is 0 Å². The molecule has 0 aliphatic carbocycles. The van der Waals surface area contributed by atoms with Crippen molar-refractivity contribution in [3.8, 4) is 5.75 Å². The molecule has 0 fully saturated rings. The molecule has 1 aromatic heterocycles. The summed E-state index contributed by atoms with van der Waals surface area (Å²) in [6.45, 7) is 1.73. The molecule has 4 heteroatoms. The number of halogens is 1. The monoisotopic (exact) mass is 260 g/mol. The predicted molar refractivity (Wildman–Crippen MR) is 71.4 cm³/mol. The number of benzene rings is 2. The fourth-order valence-corrected chi connectivity index (χ4v) is 2.25. The summed E-state index contributed by atoms with van der Waals surface area (Å²) in [6.07, 6.45) is 0. The highest BCUT2D eigenvalue weighted by atomic mass is 35.5. The van der Waals surface area contributed by atoms with Crippen LogP contribution >= 0.6 is 11.6 Å². The van der Waals surface area contributed by atoms with Gasteiger partial charge in [0.05, 0.1) is 0 Å². The smallest absolute Gasteiger partial charge is 0.347 e. The van der Waals surface area contributed by atoms with E-state index in [1.807, 2.05) is 0 Å². The first-order valence-corrected chi connectivity index (χ1v) is 5.80. The molecule has 0 bridgehead atoms. The van der Waals surface area contributed by atoms with E-state index in [0.29, 0.717) is 26.9 Å². The van der Waals surface area contributed by atoms with Crippen LogP contribution in [0.15, 0.2) is 39.5 Å². The Labute approximate surface area is 107 Å². The standard InChI is InChI=1S/C14H9ClO3/c1-7-2-4-9-10-6-8(15)3-5-11(10)18-14(17)12(9)13(7)16/h2-6,16H,1H3. The largest absolute Gasteiger partial charge is 0.507 e. The van der Waals surface area contributed by atoms with Gasteiger partial charge in [-0.2, -0.15) is 0 Å². The van der Waals surface area contributed by atoms with Gasteiger partial charge in [0.1, 0.15) is 16.7 Å². The van der Waals surface area contributed by atoms with Crippen molar-refractivity contribution in [2.45, 2.75) is 6.92 Å². The topological polar surface area (TPSA) is 50.4 Å². The van der Waals surface area contributed by atoms with Crippen molar-refractivity contribution in [2.75, 3.05) is 0 Å². The van der Waals surface area contributed by atoms with Crippen molar-refractivity contribution in [1.29, 1.82) is 0 Å². The summed E-state index contributed by atoms with van der Waals surface area (Å²) >= 11 is 5.95. The normalized spacial score (nSPS) is 11.2. The lowest BCUT2D eigenvalue weighted by atomic mass is 10.0. The summed E-state index contributed by atoms with van der Waals surface area (Å²) in [5.41, 5.74) is 0.553. The van der Waals surface area contributed by atoms with E-state index < -0.39 is 5.63 Å². The maximum atomic E-state index is 11.9. The summed E-state index contributed by atoms with van der Waals surface area (Å²) in [4.78, 5) is 11.9. The maximum Gasteiger partial charge on any atom is 0.347 e. The Kier molecular flexibility index (Phi) is 2.31. The van der Waals surface area contributed by atoms with Gasteiger partial charge in [-0.3, -0.25) is 0 Å². The molecular formula is C14H9ClO3. The van der Waals surface area contributed by atoms with Gasteiger partial charge in [0.2, 0.25) is 0 Å². The highest BCUT2D eigenvalue weighted by Crippen LogP contribution is 2.31. The average molecular weight is 261 g/mol. The maximum absolute atomic E-state index is 11.9. The van der Waals surface area contributed by atoms with Crippen molar-refractivity contribution < 1.29 is 9.52 Å². The molecule has 18 heavy (non-hydrogen) atoms. The second-order valence-electron chi connectivity index (χ2n) is 4.18. The molecule has 0 amide bonds. The summed E-state index contributed by atoms with van der Waals surface area (Å²) in [5, 5.41) is 12.1. The fraction of sp³-hybridized carbons (Fsp3) is 0.0714. The van der Waals surface area contributed by atoms with Crippen molar-refractivity contribution in [3.63, 3.8) is 0 Å². The third kappa shape index (κ3) is 1.48. The molecule has 1 N–H and O–H groups in total. The van der Waals surface area contributed by atoms with Crippen LogP contribution in [0.4, 0.5) is 0 Å². The number of hydrogen-bond donors (Lipinski definition) is 1. The van der Waals surface area contributed by atoms with Gasteiger partial charge in [0.25, 0.3) is 0 Å². The number of fused-ring (bicyclic) bond motifs is 3. The molecule has 3 rings (SSSR count). The minimum Gasteiger partial charge on any atom is -0.507 e. The van der Waals surface area contributed by atoms with Crippen LogP contribution in [0.1, 0.15) is 5.56 Å². The first-order chi connectivity index (χ1) is 8.58. The van der Waals surface area contributed by atoms with Crippen LogP contribution in [0.2, 0.25) is 5.02 Å². The van der Waals surface area contributed by atoms with Gasteiger partial charge in [0.15, 0.2) is 0 Å². The Morgan fingerprint density at radius 1 is 1.17 bits per heavy atom. The minimum absolute atomic E-state index is 0.0388. The van der Waals surface area contributed by atoms with Crippen molar-refractivity contribution in [1.82, 2.24) is 0 Å². The molecule has 0 spiro atoms. The Morgan fingerprint density at radius 2 is 1.94 bits per heavy atom. The van der Waals surface area contributed by atoms with Gasteiger partial charge in [-0.25, -0.2) is 4.79 Å². The zero-order valence-corrected chi connectivity index (χ0v) is 10.3. The molecule has 3 aromatic rings. The SMILES string of the molecule is Cc1ccc2c(c1O)c(=O)oc1ccc(Cl)cc12. The zero-order valence-electron chi connectivity index (χ0n) is 9.53. The molecular weight excluding hydrogens is 252 g/mol. The van der Waals surface area contributed by atoms with Gasteiger partial charge in [-0.1, -0.05) is 23.7 Å². The van der Waals surface area contributed by atoms with Crippen molar-refractivity contribution in [3.05, 3.63) is 51.3 Å². The second kappa shape index (κ2) is 3.75. The van der Waals surface area contributed by atoms with Gasteiger partial charge < -0.3 is 9.52 Å². The quantitative estimate of drug-likeness (QED) is 0.496. The number of aryl methyl sites for hydroxylation is 1. The highest BCUT2D eigenvalue weighted by Gasteiger charge is 2.12. The van der Waals surface area contributed by atoms with E-state index in [2.05, 4.69) is 0 Å². The summed E-state index contributed by atoms with van der Waals surface area (Å²) in [6, 6.07) is 8.58. The molecule has 0 atom stereocenters. The van der Waals surface area contributed by atoms with Crippen molar-refractivity contribution in [2.24, 2.45) is 0 Å². The molecule has 0 unspecified atom stereocenters. The molecule has 0 aliphatic heterocycles. The molecule has 0 saturated heterocycles. The summed E-state index contributed by atoms with van der Waals surface area (Å²) < 4.78 is 5.19. The Bertz CT molecular complexity index is 834. The van der Waals surface area contributed by atoms with E-state index in [0.717, 1.165) is 0 Å². The number of rotatable bonds is 0. The van der Waals surface area contributed by atoms with E-state index >= 15 is 0 Å². The van der Waals surface area contributed by atoms with E-state index in [9.17, 15) is 9.90 Å². The second-order valence-corrected chi connectivity index (χ2v) is 4.62. The van der Waals surface area contributed by atoms with E-state index in [-0.39, 0.29) is 11.1 Å². The number of hydrogen-bond acceptors (Lipinski definition) is 3. The first kappa shape index (κ1) is 11.1. The zero-order chi connectivity index (χ0) is 12.9. The first-order valence-electron chi connectivity index (χ1n) is 5.42. The van der Waals surface area contributed by atoms with Crippen LogP contribution in [0.25, 0.3) is 21.7 Å². The van der Waals surface area contributed by atoms with Crippen LogP contribution in [0.3, 0.4) is 0 Å². The van der Waals surface area contributed by atoms with Gasteiger partial charge in [-0.05, 0) is 30.7 Å². The lowest BCUT2D eigenvalue weighted by Crippen LogP contribution is -2.00. The average Bonchev–Trinajstić information content (AvgIpc) is 2.34. The molecule has 0 saturated carbocycles. The third-order valence-corrected chi connectivity index (χ3v) is 3.25. The molecule has 2 aromatic carbocycles. The van der Waals surface area contributed by atoms with E-state index in [4.69, 9.17) is 16.0 Å². The number of aromatic hydroxyl groups is 1. The van der Waals surface area contributed by atoms with Gasteiger partial charge >= 0.3 is 5.63 Å². The Hall–Kier alpha value is -2.00.